The molecular weight excluding hydrogens is 210 g/mol. The third kappa shape index (κ3) is 6.40. The third-order valence-corrected chi connectivity index (χ3v) is 2.18. The van der Waals surface area contributed by atoms with Crippen LogP contribution in [-0.4, -0.2) is 36.7 Å². The van der Waals surface area contributed by atoms with Gasteiger partial charge in [-0.2, -0.15) is 0 Å². The van der Waals surface area contributed by atoms with Crippen LogP contribution in [0.2, 0.25) is 0 Å². The monoisotopic (exact) mass is 231 g/mol. The molecule has 0 atom stereocenters. The number of carboxylic acid groups (broad SMARTS) is 1. The average Bonchev–Trinajstić information content (AvgIpc) is 2.21. The quantitative estimate of drug-likeness (QED) is 0.612. The minimum atomic E-state index is -0.945. The van der Waals surface area contributed by atoms with Gasteiger partial charge in [0.25, 0.3) is 0 Å². The number of carboxylic acids is 1. The van der Waals surface area contributed by atoms with E-state index in [1.54, 1.807) is 13.8 Å². The summed E-state index contributed by atoms with van der Waals surface area (Å²) < 4.78 is 5.10. The number of ether oxygens (including phenoxy) is 1. The molecule has 0 aromatic heterocycles. The Labute approximate surface area is 96.2 Å². The van der Waals surface area contributed by atoms with E-state index in [9.17, 15) is 9.59 Å². The second-order valence-electron chi connectivity index (χ2n) is 4.37. The Morgan fingerprint density at radius 1 is 1.38 bits per heavy atom. The first-order valence-electron chi connectivity index (χ1n) is 5.48. The Balaban J connectivity index is 3.69. The number of hydrogen-bond donors (Lipinski definition) is 2. The summed E-state index contributed by atoms with van der Waals surface area (Å²) in [5.74, 6) is -1.20. The van der Waals surface area contributed by atoms with Crippen LogP contribution in [0.1, 0.15) is 33.6 Å². The van der Waals surface area contributed by atoms with Gasteiger partial charge in [-0.25, -0.2) is 0 Å². The predicted molar refractivity (Wildman–Crippen MR) is 60.2 cm³/mol. The lowest BCUT2D eigenvalue weighted by molar-refractivity contribution is -0.146. The highest BCUT2D eigenvalue weighted by molar-refractivity contribution is 5.79. The highest BCUT2D eigenvalue weighted by Gasteiger charge is 2.27. The van der Waals surface area contributed by atoms with Crippen molar-refractivity contribution in [2.24, 2.45) is 5.41 Å². The summed E-state index contributed by atoms with van der Waals surface area (Å²) in [6, 6.07) is 0. The van der Waals surface area contributed by atoms with Crippen LogP contribution >= 0.6 is 0 Å². The zero-order valence-electron chi connectivity index (χ0n) is 10.2. The SMILES string of the molecule is CCCCOCC(=O)NCC(C)(C)C(=O)O. The van der Waals surface area contributed by atoms with Crippen LogP contribution in [-0.2, 0) is 14.3 Å². The lowest BCUT2D eigenvalue weighted by Gasteiger charge is -2.19. The standard InChI is InChI=1S/C11H21NO4/c1-4-5-6-16-7-9(13)12-8-11(2,3)10(14)15/h4-8H2,1-3H3,(H,12,13)(H,14,15). The normalized spacial score (nSPS) is 11.2. The van der Waals surface area contributed by atoms with Crippen LogP contribution in [0.4, 0.5) is 0 Å². The number of carbonyl (C=O) groups is 2. The molecule has 0 fully saturated rings. The molecule has 0 bridgehead atoms. The van der Waals surface area contributed by atoms with Gasteiger partial charge in [0.15, 0.2) is 0 Å². The van der Waals surface area contributed by atoms with Gasteiger partial charge < -0.3 is 15.2 Å². The van der Waals surface area contributed by atoms with Gasteiger partial charge in [0, 0.05) is 13.2 Å². The summed E-state index contributed by atoms with van der Waals surface area (Å²) in [6.45, 7) is 5.83. The van der Waals surface area contributed by atoms with E-state index in [0.29, 0.717) is 6.61 Å². The summed E-state index contributed by atoms with van der Waals surface area (Å²) in [5, 5.41) is 11.4. The van der Waals surface area contributed by atoms with Crippen molar-refractivity contribution in [2.45, 2.75) is 33.6 Å². The van der Waals surface area contributed by atoms with E-state index in [0.717, 1.165) is 12.8 Å². The van der Waals surface area contributed by atoms with E-state index in [2.05, 4.69) is 5.32 Å². The summed E-state index contributed by atoms with van der Waals surface area (Å²) in [7, 11) is 0. The molecule has 0 saturated carbocycles. The largest absolute Gasteiger partial charge is 0.481 e. The molecule has 0 aliphatic heterocycles. The van der Waals surface area contributed by atoms with E-state index in [1.807, 2.05) is 6.92 Å². The fourth-order valence-electron chi connectivity index (χ4n) is 0.857. The number of unbranched alkanes of at least 4 members (excludes halogenated alkanes) is 1. The minimum absolute atomic E-state index is 0.00427. The first-order valence-corrected chi connectivity index (χ1v) is 5.48. The summed E-state index contributed by atoms with van der Waals surface area (Å²) >= 11 is 0. The van der Waals surface area contributed by atoms with Gasteiger partial charge in [0.1, 0.15) is 6.61 Å². The van der Waals surface area contributed by atoms with Crippen LogP contribution in [0.5, 0.6) is 0 Å². The van der Waals surface area contributed by atoms with Gasteiger partial charge in [-0.1, -0.05) is 13.3 Å². The topological polar surface area (TPSA) is 75.6 Å². The van der Waals surface area contributed by atoms with Gasteiger partial charge >= 0.3 is 5.97 Å². The van der Waals surface area contributed by atoms with Gasteiger partial charge in [-0.05, 0) is 20.3 Å². The smallest absolute Gasteiger partial charge is 0.310 e. The number of aliphatic carboxylic acids is 1. The maximum absolute atomic E-state index is 11.2. The number of nitrogens with one attached hydrogen (secondary N) is 1. The molecule has 0 rings (SSSR count). The van der Waals surface area contributed by atoms with Crippen molar-refractivity contribution in [3.8, 4) is 0 Å². The second-order valence-corrected chi connectivity index (χ2v) is 4.37. The zero-order valence-corrected chi connectivity index (χ0v) is 10.2. The molecule has 0 heterocycles. The van der Waals surface area contributed by atoms with E-state index < -0.39 is 11.4 Å². The van der Waals surface area contributed by atoms with Gasteiger partial charge in [-0.15, -0.1) is 0 Å². The first kappa shape index (κ1) is 14.9. The molecular formula is C11H21NO4. The van der Waals surface area contributed by atoms with Crippen molar-refractivity contribution in [2.75, 3.05) is 19.8 Å². The van der Waals surface area contributed by atoms with Crippen LogP contribution in [0, 0.1) is 5.41 Å². The molecule has 16 heavy (non-hydrogen) atoms. The molecule has 0 radical (unpaired) electrons. The third-order valence-electron chi connectivity index (χ3n) is 2.18. The average molecular weight is 231 g/mol. The summed E-state index contributed by atoms with van der Waals surface area (Å²) in [6.07, 6.45) is 1.95. The van der Waals surface area contributed by atoms with E-state index in [1.165, 1.54) is 0 Å². The molecule has 0 spiro atoms. The fraction of sp³-hybridized carbons (Fsp3) is 0.818. The van der Waals surface area contributed by atoms with Crippen molar-refractivity contribution < 1.29 is 19.4 Å². The molecule has 0 unspecified atom stereocenters. The van der Waals surface area contributed by atoms with Crippen LogP contribution in [0.15, 0.2) is 0 Å². The maximum Gasteiger partial charge on any atom is 0.310 e. The molecule has 0 saturated heterocycles. The predicted octanol–water partition coefficient (Wildman–Crippen LogP) is 1.03. The van der Waals surface area contributed by atoms with Crippen LogP contribution in [0.25, 0.3) is 0 Å². The summed E-state index contributed by atoms with van der Waals surface area (Å²) in [5.41, 5.74) is -0.945. The highest BCUT2D eigenvalue weighted by atomic mass is 16.5. The molecule has 5 nitrogen and oxygen atoms in total. The highest BCUT2D eigenvalue weighted by Crippen LogP contribution is 2.12. The maximum atomic E-state index is 11.2. The van der Waals surface area contributed by atoms with Crippen LogP contribution in [0.3, 0.4) is 0 Å². The van der Waals surface area contributed by atoms with Crippen molar-refractivity contribution in [1.29, 1.82) is 0 Å². The molecule has 0 aromatic rings. The fourth-order valence-corrected chi connectivity index (χ4v) is 0.857. The van der Waals surface area contributed by atoms with Crippen LogP contribution < -0.4 is 5.32 Å². The van der Waals surface area contributed by atoms with E-state index >= 15 is 0 Å². The van der Waals surface area contributed by atoms with Crippen molar-refractivity contribution in [3.63, 3.8) is 0 Å². The first-order chi connectivity index (χ1) is 7.40. The second kappa shape index (κ2) is 7.22. The minimum Gasteiger partial charge on any atom is -0.481 e. The Hall–Kier alpha value is -1.10. The van der Waals surface area contributed by atoms with E-state index in [-0.39, 0.29) is 19.1 Å². The van der Waals surface area contributed by atoms with Gasteiger partial charge in [0.2, 0.25) is 5.91 Å². The molecule has 1 amide bonds. The van der Waals surface area contributed by atoms with Crippen molar-refractivity contribution in [3.05, 3.63) is 0 Å². The molecule has 5 heteroatoms. The molecule has 0 aliphatic carbocycles. The molecule has 0 aromatic carbocycles. The Bertz CT molecular complexity index is 238. The molecule has 2 N–H and O–H groups in total. The van der Waals surface area contributed by atoms with Gasteiger partial charge in [-0.3, -0.25) is 9.59 Å². The Kier molecular flexibility index (Phi) is 6.72. The number of rotatable bonds is 8. The number of hydrogen-bond acceptors (Lipinski definition) is 3. The molecule has 0 aliphatic rings. The Morgan fingerprint density at radius 2 is 2.00 bits per heavy atom. The lowest BCUT2D eigenvalue weighted by atomic mass is 9.94. The summed E-state index contributed by atoms with van der Waals surface area (Å²) in [4.78, 5) is 22.0. The Morgan fingerprint density at radius 3 is 2.50 bits per heavy atom. The van der Waals surface area contributed by atoms with Gasteiger partial charge in [0.05, 0.1) is 5.41 Å². The lowest BCUT2D eigenvalue weighted by Crippen LogP contribution is -2.40. The van der Waals surface area contributed by atoms with E-state index in [4.69, 9.17) is 9.84 Å². The van der Waals surface area contributed by atoms with Crippen molar-refractivity contribution >= 4 is 11.9 Å². The number of amides is 1. The number of carbonyl (C=O) groups excluding carboxylic acids is 1. The van der Waals surface area contributed by atoms with Crippen molar-refractivity contribution in [1.82, 2.24) is 5.32 Å². The molecule has 94 valence electrons. The zero-order chi connectivity index (χ0) is 12.6.